The van der Waals surface area contributed by atoms with Crippen molar-refractivity contribution in [1.82, 2.24) is 25.6 Å². The molecule has 41 heavy (non-hydrogen) atoms. The van der Waals surface area contributed by atoms with Crippen molar-refractivity contribution in [2.24, 2.45) is 5.73 Å². The zero-order valence-corrected chi connectivity index (χ0v) is 24.5. The Morgan fingerprint density at radius 2 is 1.71 bits per heavy atom. The number of pyridine rings is 1. The molecule has 1 fully saturated rings. The Bertz CT molecular complexity index is 1300. The lowest BCUT2D eigenvalue weighted by molar-refractivity contribution is 0.0213. The van der Waals surface area contributed by atoms with E-state index in [0.717, 1.165) is 61.2 Å². The number of anilines is 3. The lowest BCUT2D eigenvalue weighted by Gasteiger charge is -2.35. The van der Waals surface area contributed by atoms with Gasteiger partial charge in [0.05, 0.1) is 23.9 Å². The summed E-state index contributed by atoms with van der Waals surface area (Å²) in [6.07, 6.45) is -0.413. The number of rotatable bonds is 10. The molecule has 10 nitrogen and oxygen atoms in total. The number of hydrogen-bond donors (Lipinski definition) is 4. The molecule has 2 heterocycles. The molecular formula is C31H42N8O2. The van der Waals surface area contributed by atoms with Crippen LogP contribution in [0.15, 0.2) is 79.1 Å². The topological polar surface area (TPSA) is 111 Å². The van der Waals surface area contributed by atoms with Gasteiger partial charge in [-0.25, -0.2) is 14.8 Å². The van der Waals surface area contributed by atoms with E-state index in [9.17, 15) is 4.79 Å². The van der Waals surface area contributed by atoms with Gasteiger partial charge in [-0.15, -0.1) is 0 Å². The van der Waals surface area contributed by atoms with Crippen molar-refractivity contribution in [3.05, 3.63) is 84.7 Å². The van der Waals surface area contributed by atoms with Crippen LogP contribution in [0.1, 0.15) is 26.3 Å². The van der Waals surface area contributed by atoms with Crippen LogP contribution in [0.2, 0.25) is 0 Å². The van der Waals surface area contributed by atoms with E-state index >= 15 is 0 Å². The van der Waals surface area contributed by atoms with Crippen molar-refractivity contribution in [3.63, 3.8) is 0 Å². The molecule has 10 heteroatoms. The molecule has 0 aliphatic carbocycles. The van der Waals surface area contributed by atoms with Crippen molar-refractivity contribution < 1.29 is 9.53 Å². The predicted molar refractivity (Wildman–Crippen MR) is 165 cm³/mol. The Hall–Kier alpha value is -4.28. The molecule has 0 spiro atoms. The van der Waals surface area contributed by atoms with Gasteiger partial charge in [-0.2, -0.15) is 0 Å². The van der Waals surface area contributed by atoms with E-state index in [0.29, 0.717) is 12.5 Å². The van der Waals surface area contributed by atoms with Crippen molar-refractivity contribution in [2.75, 3.05) is 50.1 Å². The third-order valence-electron chi connectivity index (χ3n) is 6.61. The number of benzene rings is 2. The molecule has 4 rings (SSSR count). The SMILES string of the molecule is C=C(N)NCN(c1ccc(CN2CCN(NC(=O)OC(C)(C)C)CC2)cc1)c1nc(-c2ccccc2)ccc1NC. The minimum absolute atomic E-state index is 0.386. The number of aromatic nitrogens is 1. The monoisotopic (exact) mass is 558 g/mol. The summed E-state index contributed by atoms with van der Waals surface area (Å²) in [6, 6.07) is 22.7. The van der Waals surface area contributed by atoms with E-state index < -0.39 is 11.7 Å². The third kappa shape index (κ3) is 8.60. The molecule has 0 atom stereocenters. The zero-order chi connectivity index (χ0) is 29.4. The fraction of sp³-hybridized carbons (Fsp3) is 0.355. The van der Waals surface area contributed by atoms with Gasteiger partial charge in [0.2, 0.25) is 0 Å². The van der Waals surface area contributed by atoms with Crippen molar-refractivity contribution in [1.29, 1.82) is 0 Å². The Labute approximate surface area is 243 Å². The van der Waals surface area contributed by atoms with Crippen LogP contribution in [0.25, 0.3) is 11.3 Å². The largest absolute Gasteiger partial charge is 0.443 e. The van der Waals surface area contributed by atoms with Gasteiger partial charge in [-0.3, -0.25) is 10.3 Å². The van der Waals surface area contributed by atoms with Crippen LogP contribution in [-0.2, 0) is 11.3 Å². The molecule has 2 aromatic carbocycles. The molecule has 0 radical (unpaired) electrons. The first kappa shape index (κ1) is 29.7. The average molecular weight is 559 g/mol. The first-order valence-corrected chi connectivity index (χ1v) is 13.9. The highest BCUT2D eigenvalue weighted by Gasteiger charge is 2.22. The van der Waals surface area contributed by atoms with Crippen LogP contribution >= 0.6 is 0 Å². The minimum Gasteiger partial charge on any atom is -0.443 e. The highest BCUT2D eigenvalue weighted by molar-refractivity contribution is 5.76. The van der Waals surface area contributed by atoms with Crippen LogP contribution < -0.4 is 26.7 Å². The molecule has 1 saturated heterocycles. The van der Waals surface area contributed by atoms with E-state index in [1.807, 2.05) is 63.2 Å². The number of nitrogens with two attached hydrogens (primary N) is 1. The summed E-state index contributed by atoms with van der Waals surface area (Å²) in [5, 5.41) is 8.34. The first-order chi connectivity index (χ1) is 19.6. The first-order valence-electron chi connectivity index (χ1n) is 13.9. The predicted octanol–water partition coefficient (Wildman–Crippen LogP) is 4.46. The molecule has 0 saturated carbocycles. The van der Waals surface area contributed by atoms with Crippen LogP contribution in [-0.4, -0.2) is 66.5 Å². The van der Waals surface area contributed by atoms with E-state index in [4.69, 9.17) is 15.5 Å². The number of nitrogens with zero attached hydrogens (tertiary/aromatic N) is 4. The number of hydrazine groups is 1. The lowest BCUT2D eigenvalue weighted by Crippen LogP contribution is -2.54. The Kier molecular flexibility index (Phi) is 9.69. The summed E-state index contributed by atoms with van der Waals surface area (Å²) in [5.41, 5.74) is 13.2. The molecule has 1 amide bonds. The van der Waals surface area contributed by atoms with Crippen molar-refractivity contribution in [2.45, 2.75) is 32.9 Å². The van der Waals surface area contributed by atoms with E-state index in [-0.39, 0.29) is 0 Å². The standard InChI is InChI=1S/C31H42N8O2/c1-23(32)34-22-39(29-28(33-5)16-15-27(35-29)25-9-7-6-8-10-25)26-13-11-24(12-14-26)21-37-17-19-38(20-18-37)36-30(40)41-31(2,3)4/h6-16,33-34H,1,17-22,32H2,2-5H3,(H,36,40). The molecule has 0 unspecified atom stereocenters. The second kappa shape index (κ2) is 13.4. The average Bonchev–Trinajstić information content (AvgIpc) is 2.94. The lowest BCUT2D eigenvalue weighted by atomic mass is 10.1. The highest BCUT2D eigenvalue weighted by Crippen LogP contribution is 2.33. The Morgan fingerprint density at radius 3 is 2.32 bits per heavy atom. The van der Waals surface area contributed by atoms with E-state index in [1.165, 1.54) is 5.56 Å². The van der Waals surface area contributed by atoms with Gasteiger partial charge in [0.15, 0.2) is 5.82 Å². The summed E-state index contributed by atoms with van der Waals surface area (Å²) in [6.45, 7) is 13.8. The Balaban J connectivity index is 1.45. The van der Waals surface area contributed by atoms with Gasteiger partial charge in [0.1, 0.15) is 5.60 Å². The number of piperazine rings is 1. The second-order valence-electron chi connectivity index (χ2n) is 11.0. The quantitative estimate of drug-likeness (QED) is 0.268. The van der Waals surface area contributed by atoms with E-state index in [1.54, 1.807) is 0 Å². The molecular weight excluding hydrogens is 516 g/mol. The number of amides is 1. The summed E-state index contributed by atoms with van der Waals surface area (Å²) in [4.78, 5) is 21.6. The smallest absolute Gasteiger partial charge is 0.422 e. The van der Waals surface area contributed by atoms with Gasteiger partial charge in [0, 0.05) is 51.0 Å². The fourth-order valence-electron chi connectivity index (χ4n) is 4.58. The van der Waals surface area contributed by atoms with Gasteiger partial charge in [-0.1, -0.05) is 49.0 Å². The van der Waals surface area contributed by atoms with Gasteiger partial charge in [0.25, 0.3) is 0 Å². The number of nitrogens with one attached hydrogen (secondary N) is 3. The number of carbonyl (C=O) groups is 1. The number of hydrogen-bond acceptors (Lipinski definition) is 9. The van der Waals surface area contributed by atoms with Crippen LogP contribution in [0.5, 0.6) is 0 Å². The normalized spacial score (nSPS) is 14.2. The Morgan fingerprint density at radius 1 is 1.02 bits per heavy atom. The molecule has 0 bridgehead atoms. The molecule has 1 aliphatic heterocycles. The van der Waals surface area contributed by atoms with Crippen molar-refractivity contribution >= 4 is 23.3 Å². The molecule has 3 aromatic rings. The van der Waals surface area contributed by atoms with E-state index in [2.05, 4.69) is 68.8 Å². The maximum Gasteiger partial charge on any atom is 0.422 e. The minimum atomic E-state index is -0.516. The summed E-state index contributed by atoms with van der Waals surface area (Å²) in [5.74, 6) is 1.17. The van der Waals surface area contributed by atoms with Gasteiger partial charge in [-0.05, 0) is 50.6 Å². The van der Waals surface area contributed by atoms with Crippen LogP contribution in [0.4, 0.5) is 22.0 Å². The summed E-state index contributed by atoms with van der Waals surface area (Å²) in [7, 11) is 1.89. The maximum absolute atomic E-state index is 12.1. The molecule has 5 N–H and O–H groups in total. The second-order valence-corrected chi connectivity index (χ2v) is 11.0. The maximum atomic E-state index is 12.1. The molecule has 218 valence electrons. The van der Waals surface area contributed by atoms with Gasteiger partial charge < -0.3 is 26.0 Å². The highest BCUT2D eigenvalue weighted by atomic mass is 16.6. The van der Waals surface area contributed by atoms with Gasteiger partial charge >= 0.3 is 6.09 Å². The van der Waals surface area contributed by atoms with Crippen LogP contribution in [0, 0.1) is 0 Å². The van der Waals surface area contributed by atoms with Crippen LogP contribution in [0.3, 0.4) is 0 Å². The zero-order valence-electron chi connectivity index (χ0n) is 24.5. The molecule has 1 aromatic heterocycles. The molecule has 1 aliphatic rings. The number of carbonyl (C=O) groups excluding carboxylic acids is 1. The number of ether oxygens (including phenoxy) is 1. The summed E-state index contributed by atoms with van der Waals surface area (Å²) < 4.78 is 5.37. The fourth-order valence-corrected chi connectivity index (χ4v) is 4.58. The third-order valence-corrected chi connectivity index (χ3v) is 6.61. The van der Waals surface area contributed by atoms with Crippen molar-refractivity contribution in [3.8, 4) is 11.3 Å². The summed E-state index contributed by atoms with van der Waals surface area (Å²) >= 11 is 0.